The molecule has 136 valence electrons. The normalized spacial score (nSPS) is 11.5. The van der Waals surface area contributed by atoms with Crippen LogP contribution in [0.2, 0.25) is 0 Å². The molecule has 26 heavy (non-hydrogen) atoms. The van der Waals surface area contributed by atoms with Crippen LogP contribution in [-0.4, -0.2) is 36.2 Å². The van der Waals surface area contributed by atoms with E-state index < -0.39 is 9.84 Å². The molecular formula is C19H20N2O4S. The predicted molar refractivity (Wildman–Crippen MR) is 100 cm³/mol. The third kappa shape index (κ3) is 3.57. The number of sulfone groups is 1. The Morgan fingerprint density at radius 3 is 2.35 bits per heavy atom. The molecule has 0 saturated carbocycles. The molecular weight excluding hydrogens is 352 g/mol. The molecule has 3 aromatic rings. The molecule has 0 fully saturated rings. The number of hydrogen-bond donors (Lipinski definition) is 1. The van der Waals surface area contributed by atoms with Gasteiger partial charge in [-0.2, -0.15) is 5.10 Å². The van der Waals surface area contributed by atoms with Gasteiger partial charge in [0.25, 0.3) is 0 Å². The van der Waals surface area contributed by atoms with Crippen molar-refractivity contribution in [1.29, 1.82) is 0 Å². The van der Waals surface area contributed by atoms with Gasteiger partial charge in [-0.05, 0) is 43.3 Å². The van der Waals surface area contributed by atoms with E-state index in [0.29, 0.717) is 12.4 Å². The highest BCUT2D eigenvalue weighted by Gasteiger charge is 2.13. The predicted octanol–water partition coefficient (Wildman–Crippen LogP) is 3.26. The maximum atomic E-state index is 11.6. The number of hydrogen-bond acceptors (Lipinski definition) is 5. The Balaban J connectivity index is 1.98. The smallest absolute Gasteiger partial charge is 0.175 e. The summed E-state index contributed by atoms with van der Waals surface area (Å²) in [6.45, 7) is 2.31. The molecule has 1 N–H and O–H groups in total. The zero-order valence-corrected chi connectivity index (χ0v) is 15.6. The van der Waals surface area contributed by atoms with Gasteiger partial charge in [-0.1, -0.05) is 12.1 Å². The average Bonchev–Trinajstić information content (AvgIpc) is 2.98. The van der Waals surface area contributed by atoms with Gasteiger partial charge in [0.2, 0.25) is 0 Å². The van der Waals surface area contributed by atoms with Crippen molar-refractivity contribution in [3.8, 4) is 34.0 Å². The second-order valence-corrected chi connectivity index (χ2v) is 7.97. The number of phenols is 1. The summed E-state index contributed by atoms with van der Waals surface area (Å²) in [5.74, 6) is 0.514. The largest absolute Gasteiger partial charge is 0.504 e. The van der Waals surface area contributed by atoms with Crippen molar-refractivity contribution in [1.82, 2.24) is 9.78 Å². The van der Waals surface area contributed by atoms with Crippen LogP contribution in [0.4, 0.5) is 0 Å². The van der Waals surface area contributed by atoms with Crippen molar-refractivity contribution in [2.24, 2.45) is 7.05 Å². The van der Waals surface area contributed by atoms with E-state index in [1.165, 1.54) is 6.26 Å². The third-order valence-corrected chi connectivity index (χ3v) is 5.14. The summed E-state index contributed by atoms with van der Waals surface area (Å²) >= 11 is 0. The van der Waals surface area contributed by atoms with Crippen LogP contribution in [0.1, 0.15) is 6.92 Å². The fourth-order valence-corrected chi connectivity index (χ4v) is 3.33. The van der Waals surface area contributed by atoms with Gasteiger partial charge in [0.1, 0.15) is 0 Å². The second kappa shape index (κ2) is 6.84. The number of aryl methyl sites for hydroxylation is 1. The van der Waals surface area contributed by atoms with Gasteiger partial charge < -0.3 is 9.84 Å². The van der Waals surface area contributed by atoms with Crippen molar-refractivity contribution in [3.63, 3.8) is 0 Å². The summed E-state index contributed by atoms with van der Waals surface area (Å²) in [6, 6.07) is 13.7. The molecule has 0 aliphatic rings. The van der Waals surface area contributed by atoms with E-state index in [2.05, 4.69) is 5.10 Å². The maximum Gasteiger partial charge on any atom is 0.175 e. The van der Waals surface area contributed by atoms with Gasteiger partial charge in [-0.25, -0.2) is 8.42 Å². The molecule has 0 unspecified atom stereocenters. The average molecular weight is 372 g/mol. The van der Waals surface area contributed by atoms with Gasteiger partial charge in [-0.3, -0.25) is 4.68 Å². The highest BCUT2D eigenvalue weighted by molar-refractivity contribution is 7.90. The molecule has 1 aromatic heterocycles. The Morgan fingerprint density at radius 1 is 1.08 bits per heavy atom. The SMILES string of the molecule is CCOc1cc(-c2cc(-c3ccc(S(C)(=O)=O)cc3)nn2C)ccc1O. The molecule has 0 amide bonds. The molecule has 0 saturated heterocycles. The van der Waals surface area contributed by atoms with Crippen molar-refractivity contribution >= 4 is 9.84 Å². The molecule has 3 rings (SSSR count). The molecule has 0 spiro atoms. The minimum Gasteiger partial charge on any atom is -0.504 e. The lowest BCUT2D eigenvalue weighted by atomic mass is 10.1. The number of benzene rings is 2. The molecule has 1 heterocycles. The van der Waals surface area contributed by atoms with Crippen LogP contribution in [0.15, 0.2) is 53.4 Å². The van der Waals surface area contributed by atoms with Gasteiger partial charge in [0.05, 0.1) is 22.9 Å². The first-order chi connectivity index (χ1) is 12.3. The van der Waals surface area contributed by atoms with Crippen LogP contribution in [0.5, 0.6) is 11.5 Å². The van der Waals surface area contributed by atoms with E-state index in [0.717, 1.165) is 22.5 Å². The Morgan fingerprint density at radius 2 is 1.73 bits per heavy atom. The van der Waals surface area contributed by atoms with E-state index >= 15 is 0 Å². The first-order valence-electron chi connectivity index (χ1n) is 8.10. The van der Waals surface area contributed by atoms with E-state index in [9.17, 15) is 13.5 Å². The zero-order chi connectivity index (χ0) is 18.9. The van der Waals surface area contributed by atoms with Crippen LogP contribution >= 0.6 is 0 Å². The molecule has 7 heteroatoms. The molecule has 0 bridgehead atoms. The molecule has 0 atom stereocenters. The Kier molecular flexibility index (Phi) is 4.73. The topological polar surface area (TPSA) is 81.4 Å². The summed E-state index contributed by atoms with van der Waals surface area (Å²) in [7, 11) is -1.39. The minimum atomic E-state index is -3.23. The first kappa shape index (κ1) is 18.0. The second-order valence-electron chi connectivity index (χ2n) is 5.95. The Labute approximate surface area is 152 Å². The summed E-state index contributed by atoms with van der Waals surface area (Å²) in [5.41, 5.74) is 3.27. The quantitative estimate of drug-likeness (QED) is 0.743. The summed E-state index contributed by atoms with van der Waals surface area (Å²) in [5, 5.41) is 14.4. The van der Waals surface area contributed by atoms with Gasteiger partial charge in [0, 0.05) is 24.4 Å². The maximum absolute atomic E-state index is 11.6. The standard InChI is InChI=1S/C19H20N2O4S/c1-4-25-19-11-14(7-10-18(19)22)17-12-16(20-21(17)2)13-5-8-15(9-6-13)26(3,23)24/h5-12,22H,4H2,1-3H3. The van der Waals surface area contributed by atoms with E-state index in [4.69, 9.17) is 4.74 Å². The van der Waals surface area contributed by atoms with Crippen molar-refractivity contribution in [2.75, 3.05) is 12.9 Å². The van der Waals surface area contributed by atoms with E-state index in [1.54, 1.807) is 47.1 Å². The lowest BCUT2D eigenvalue weighted by Crippen LogP contribution is -1.96. The van der Waals surface area contributed by atoms with Crippen molar-refractivity contribution in [3.05, 3.63) is 48.5 Å². The molecule has 2 aromatic carbocycles. The van der Waals surface area contributed by atoms with Crippen LogP contribution in [0.25, 0.3) is 22.5 Å². The Bertz CT molecular complexity index is 1040. The molecule has 0 aliphatic heterocycles. The number of nitrogens with zero attached hydrogens (tertiary/aromatic N) is 2. The Hall–Kier alpha value is -2.80. The number of aromatic nitrogens is 2. The highest BCUT2D eigenvalue weighted by atomic mass is 32.2. The van der Waals surface area contributed by atoms with E-state index in [1.807, 2.05) is 20.0 Å². The van der Waals surface area contributed by atoms with Crippen LogP contribution in [0.3, 0.4) is 0 Å². The zero-order valence-electron chi connectivity index (χ0n) is 14.8. The van der Waals surface area contributed by atoms with Gasteiger partial charge in [-0.15, -0.1) is 0 Å². The summed E-state index contributed by atoms with van der Waals surface area (Å²) in [4.78, 5) is 0.275. The number of phenolic OH excluding ortho intramolecular Hbond substituents is 1. The highest BCUT2D eigenvalue weighted by Crippen LogP contribution is 2.33. The lowest BCUT2D eigenvalue weighted by molar-refractivity contribution is 0.318. The van der Waals surface area contributed by atoms with Gasteiger partial charge >= 0.3 is 0 Å². The summed E-state index contributed by atoms with van der Waals surface area (Å²) in [6.07, 6.45) is 1.18. The van der Waals surface area contributed by atoms with Crippen LogP contribution in [-0.2, 0) is 16.9 Å². The molecule has 6 nitrogen and oxygen atoms in total. The fraction of sp³-hybridized carbons (Fsp3) is 0.211. The van der Waals surface area contributed by atoms with Gasteiger partial charge in [0.15, 0.2) is 21.3 Å². The van der Waals surface area contributed by atoms with Crippen molar-refractivity contribution < 1.29 is 18.3 Å². The molecule has 0 radical (unpaired) electrons. The lowest BCUT2D eigenvalue weighted by Gasteiger charge is -2.08. The minimum absolute atomic E-state index is 0.0920. The third-order valence-electron chi connectivity index (χ3n) is 4.01. The fourth-order valence-electron chi connectivity index (χ4n) is 2.70. The number of aromatic hydroxyl groups is 1. The van der Waals surface area contributed by atoms with Crippen molar-refractivity contribution in [2.45, 2.75) is 11.8 Å². The molecule has 0 aliphatic carbocycles. The van der Waals surface area contributed by atoms with Crippen LogP contribution in [0, 0.1) is 0 Å². The number of rotatable bonds is 5. The first-order valence-corrected chi connectivity index (χ1v) is 9.99. The monoisotopic (exact) mass is 372 g/mol. The summed E-state index contributed by atoms with van der Waals surface area (Å²) < 4.78 is 30.3. The number of ether oxygens (including phenoxy) is 1. The van der Waals surface area contributed by atoms with E-state index in [-0.39, 0.29) is 10.6 Å². The van der Waals surface area contributed by atoms with Crippen LogP contribution < -0.4 is 4.74 Å².